The lowest BCUT2D eigenvalue weighted by Gasteiger charge is -2.06. The molecule has 0 spiro atoms. The van der Waals surface area contributed by atoms with Gasteiger partial charge in [0.15, 0.2) is 15.7 Å². The first-order valence-electron chi connectivity index (χ1n) is 8.32. The molecule has 0 fully saturated rings. The van der Waals surface area contributed by atoms with Crippen molar-refractivity contribution >= 4 is 33.4 Å². The van der Waals surface area contributed by atoms with Crippen LogP contribution in [0, 0.1) is 32.1 Å². The summed E-state index contributed by atoms with van der Waals surface area (Å²) < 4.78 is 0. The van der Waals surface area contributed by atoms with Crippen LogP contribution in [0.25, 0.3) is 0 Å². The van der Waals surface area contributed by atoms with E-state index in [1.807, 2.05) is 69.3 Å². The van der Waals surface area contributed by atoms with E-state index in [4.69, 9.17) is 0 Å². The molecule has 0 aliphatic heterocycles. The summed E-state index contributed by atoms with van der Waals surface area (Å²) in [6, 6.07) is 17.6. The van der Waals surface area contributed by atoms with Crippen LogP contribution in [-0.4, -0.2) is 10.7 Å². The number of hydrogen-bond donors (Lipinski definition) is 1. The third-order valence-electron chi connectivity index (χ3n) is 3.77. The molecule has 0 amide bonds. The SMILES string of the molecule is Cc1ccc(C)c(N/N=C(/C#N)c2nc(C)c(N=Nc3ccccc3)s2)c1. The normalized spacial score (nSPS) is 11.6. The summed E-state index contributed by atoms with van der Waals surface area (Å²) in [5.74, 6) is 0. The second-order valence-corrected chi connectivity index (χ2v) is 6.93. The molecule has 0 aliphatic rings. The summed E-state index contributed by atoms with van der Waals surface area (Å²) in [5, 5.41) is 23.3. The molecule has 7 heteroatoms. The van der Waals surface area contributed by atoms with Crippen molar-refractivity contribution in [2.24, 2.45) is 15.3 Å². The van der Waals surface area contributed by atoms with Gasteiger partial charge in [0, 0.05) is 0 Å². The average Bonchev–Trinajstić information content (AvgIpc) is 3.04. The number of thiazole rings is 1. The number of nitriles is 1. The summed E-state index contributed by atoms with van der Waals surface area (Å²) in [6.07, 6.45) is 0. The van der Waals surface area contributed by atoms with Gasteiger partial charge in [0.2, 0.25) is 0 Å². The molecule has 134 valence electrons. The standard InChI is InChI=1S/C20H18N6S/c1-13-9-10-14(2)17(11-13)24-25-18(12-21)20-22-15(3)19(27-20)26-23-16-7-5-4-6-8-16/h4-11,24H,1-3H3/b25-18-,26-23?. The highest BCUT2D eigenvalue weighted by Crippen LogP contribution is 2.29. The number of hydrazone groups is 1. The first kappa shape index (κ1) is 18.4. The molecule has 3 rings (SSSR count). The maximum Gasteiger partial charge on any atom is 0.196 e. The number of aryl methyl sites for hydroxylation is 3. The monoisotopic (exact) mass is 374 g/mol. The summed E-state index contributed by atoms with van der Waals surface area (Å²) in [7, 11) is 0. The third-order valence-corrected chi connectivity index (χ3v) is 4.82. The van der Waals surface area contributed by atoms with E-state index in [0.717, 1.165) is 22.5 Å². The molecule has 0 aliphatic carbocycles. The molecule has 27 heavy (non-hydrogen) atoms. The number of rotatable bonds is 5. The van der Waals surface area contributed by atoms with Gasteiger partial charge in [-0.2, -0.15) is 10.4 Å². The van der Waals surface area contributed by atoms with E-state index in [2.05, 4.69) is 31.8 Å². The Morgan fingerprint density at radius 2 is 1.85 bits per heavy atom. The van der Waals surface area contributed by atoms with E-state index < -0.39 is 0 Å². The van der Waals surface area contributed by atoms with Gasteiger partial charge in [-0.15, -0.1) is 10.2 Å². The zero-order valence-corrected chi connectivity index (χ0v) is 16.1. The van der Waals surface area contributed by atoms with Crippen LogP contribution in [0.15, 0.2) is 63.9 Å². The summed E-state index contributed by atoms with van der Waals surface area (Å²) in [4.78, 5) is 4.42. The van der Waals surface area contributed by atoms with Gasteiger partial charge in [-0.25, -0.2) is 4.98 Å². The minimum absolute atomic E-state index is 0.213. The van der Waals surface area contributed by atoms with Crippen LogP contribution < -0.4 is 5.43 Å². The first-order chi connectivity index (χ1) is 13.1. The van der Waals surface area contributed by atoms with Crippen LogP contribution in [-0.2, 0) is 0 Å². The maximum atomic E-state index is 9.48. The van der Waals surface area contributed by atoms with Crippen molar-refractivity contribution in [2.45, 2.75) is 20.8 Å². The summed E-state index contributed by atoms with van der Waals surface area (Å²) in [5.41, 5.74) is 7.68. The van der Waals surface area contributed by atoms with Gasteiger partial charge in [0.25, 0.3) is 0 Å². The highest BCUT2D eigenvalue weighted by Gasteiger charge is 2.13. The number of aromatic nitrogens is 1. The molecule has 0 saturated carbocycles. The third kappa shape index (κ3) is 4.63. The molecular formula is C20H18N6S. The molecule has 0 atom stereocenters. The molecule has 1 N–H and O–H groups in total. The van der Waals surface area contributed by atoms with Crippen molar-refractivity contribution in [3.8, 4) is 6.07 Å². The fraction of sp³-hybridized carbons (Fsp3) is 0.150. The van der Waals surface area contributed by atoms with E-state index in [0.29, 0.717) is 15.7 Å². The molecule has 6 nitrogen and oxygen atoms in total. The Morgan fingerprint density at radius 1 is 1.07 bits per heavy atom. The Kier molecular flexibility index (Phi) is 5.69. The van der Waals surface area contributed by atoms with Gasteiger partial charge < -0.3 is 0 Å². The van der Waals surface area contributed by atoms with Gasteiger partial charge in [0.1, 0.15) is 6.07 Å². The minimum Gasteiger partial charge on any atom is -0.277 e. The molecule has 2 aromatic carbocycles. The largest absolute Gasteiger partial charge is 0.277 e. The Bertz CT molecular complexity index is 1040. The zero-order chi connectivity index (χ0) is 19.2. The number of nitrogens with one attached hydrogen (secondary N) is 1. The fourth-order valence-corrected chi connectivity index (χ4v) is 3.10. The van der Waals surface area contributed by atoms with E-state index in [-0.39, 0.29) is 5.71 Å². The Morgan fingerprint density at radius 3 is 2.59 bits per heavy atom. The van der Waals surface area contributed by atoms with Crippen molar-refractivity contribution in [3.05, 3.63) is 70.4 Å². The van der Waals surface area contributed by atoms with Crippen LogP contribution in [0.4, 0.5) is 16.4 Å². The highest BCUT2D eigenvalue weighted by molar-refractivity contribution is 7.17. The predicted molar refractivity (Wildman–Crippen MR) is 109 cm³/mol. The van der Waals surface area contributed by atoms with Gasteiger partial charge in [-0.3, -0.25) is 5.43 Å². The van der Waals surface area contributed by atoms with Gasteiger partial charge in [-0.05, 0) is 50.1 Å². The molecule has 1 heterocycles. The van der Waals surface area contributed by atoms with Gasteiger partial charge >= 0.3 is 0 Å². The Balaban J connectivity index is 1.83. The number of azo groups is 1. The number of nitrogens with zero attached hydrogens (tertiary/aromatic N) is 5. The molecule has 0 radical (unpaired) electrons. The van der Waals surface area contributed by atoms with Crippen molar-refractivity contribution in [1.82, 2.24) is 4.98 Å². The van der Waals surface area contributed by atoms with Crippen molar-refractivity contribution in [3.63, 3.8) is 0 Å². The van der Waals surface area contributed by atoms with Crippen LogP contribution in [0.2, 0.25) is 0 Å². The van der Waals surface area contributed by atoms with Crippen LogP contribution in [0.3, 0.4) is 0 Å². The van der Waals surface area contributed by atoms with E-state index >= 15 is 0 Å². The Labute approximate surface area is 161 Å². The first-order valence-corrected chi connectivity index (χ1v) is 9.14. The fourth-order valence-electron chi connectivity index (χ4n) is 2.27. The van der Waals surface area contributed by atoms with E-state index in [9.17, 15) is 5.26 Å². The molecular weight excluding hydrogens is 356 g/mol. The average molecular weight is 374 g/mol. The second-order valence-electron chi connectivity index (χ2n) is 5.95. The number of anilines is 1. The van der Waals surface area contributed by atoms with E-state index in [1.165, 1.54) is 11.3 Å². The van der Waals surface area contributed by atoms with Gasteiger partial charge in [0.05, 0.1) is 17.1 Å². The lowest BCUT2D eigenvalue weighted by molar-refractivity contribution is 1.18. The lowest BCUT2D eigenvalue weighted by atomic mass is 10.1. The molecule has 3 aromatic rings. The maximum absolute atomic E-state index is 9.48. The highest BCUT2D eigenvalue weighted by atomic mass is 32.1. The van der Waals surface area contributed by atoms with Crippen LogP contribution >= 0.6 is 11.3 Å². The summed E-state index contributed by atoms with van der Waals surface area (Å²) >= 11 is 1.29. The zero-order valence-electron chi connectivity index (χ0n) is 15.3. The molecule has 0 bridgehead atoms. The molecule has 0 unspecified atom stereocenters. The van der Waals surface area contributed by atoms with Crippen molar-refractivity contribution in [2.75, 3.05) is 5.43 Å². The van der Waals surface area contributed by atoms with Crippen molar-refractivity contribution in [1.29, 1.82) is 5.26 Å². The summed E-state index contributed by atoms with van der Waals surface area (Å²) in [6.45, 7) is 5.83. The van der Waals surface area contributed by atoms with E-state index in [1.54, 1.807) is 0 Å². The number of hydrogen-bond acceptors (Lipinski definition) is 7. The Hall–Kier alpha value is -3.37. The lowest BCUT2D eigenvalue weighted by Crippen LogP contribution is -2.02. The van der Waals surface area contributed by atoms with Crippen LogP contribution in [0.5, 0.6) is 0 Å². The topological polar surface area (TPSA) is 85.8 Å². The van der Waals surface area contributed by atoms with Gasteiger partial charge in [-0.1, -0.05) is 41.7 Å². The van der Waals surface area contributed by atoms with Crippen LogP contribution in [0.1, 0.15) is 21.8 Å². The minimum atomic E-state index is 0.213. The molecule has 1 aromatic heterocycles. The quantitative estimate of drug-likeness (QED) is 0.347. The predicted octanol–water partition coefficient (Wildman–Crippen LogP) is 5.82. The number of benzene rings is 2. The van der Waals surface area contributed by atoms with Crippen molar-refractivity contribution < 1.29 is 0 Å². The second kappa shape index (κ2) is 8.34. The smallest absolute Gasteiger partial charge is 0.196 e. The molecule has 0 saturated heterocycles.